The van der Waals surface area contributed by atoms with Crippen LogP contribution in [0.15, 0.2) is 36.4 Å². The van der Waals surface area contributed by atoms with Crippen molar-refractivity contribution in [2.45, 2.75) is 39.3 Å². The number of likely N-dealkylation sites (N-methyl/N-ethyl adjacent to an activating group) is 1. The molecular weight excluding hydrogens is 459 g/mol. The molecule has 6 nitrogen and oxygen atoms in total. The van der Waals surface area contributed by atoms with Crippen LogP contribution in [0.4, 0.5) is 4.79 Å². The number of hydrogen-bond donors (Lipinski definition) is 0. The fourth-order valence-corrected chi connectivity index (χ4v) is 2.37. The van der Waals surface area contributed by atoms with E-state index in [1.807, 2.05) is 52.0 Å². The second-order valence-electron chi connectivity index (χ2n) is 7.38. The molecule has 1 aromatic carbocycles. The Bertz CT molecular complexity index is 651. The highest BCUT2D eigenvalue weighted by molar-refractivity contribution is 14.1. The molecule has 0 aliphatic carbocycles. The van der Waals surface area contributed by atoms with Crippen LogP contribution in [-0.4, -0.2) is 60.7 Å². The van der Waals surface area contributed by atoms with Crippen molar-refractivity contribution in [3.63, 3.8) is 0 Å². The zero-order valence-corrected chi connectivity index (χ0v) is 19.0. The van der Waals surface area contributed by atoms with Crippen LogP contribution < -0.4 is 4.74 Å². The smallest absolute Gasteiger partial charge is 0.410 e. The van der Waals surface area contributed by atoms with Crippen LogP contribution in [0.3, 0.4) is 0 Å². The van der Waals surface area contributed by atoms with E-state index in [4.69, 9.17) is 9.47 Å². The molecule has 0 aliphatic rings. The van der Waals surface area contributed by atoms with Gasteiger partial charge in [0.1, 0.15) is 18.0 Å². The number of halogens is 1. The van der Waals surface area contributed by atoms with Crippen molar-refractivity contribution in [2.75, 3.05) is 27.2 Å². The van der Waals surface area contributed by atoms with Gasteiger partial charge < -0.3 is 14.4 Å². The molecule has 0 N–H and O–H groups in total. The molecule has 150 valence electrons. The second kappa shape index (κ2) is 10.5. The topological polar surface area (TPSA) is 59.1 Å². The van der Waals surface area contributed by atoms with Gasteiger partial charge in [-0.3, -0.25) is 9.69 Å². The fraction of sp³-hybridized carbons (Fsp3) is 0.500. The molecule has 1 aromatic rings. The van der Waals surface area contributed by atoms with Crippen LogP contribution in [0.1, 0.15) is 27.7 Å². The molecule has 0 spiro atoms. The Labute approximate surface area is 175 Å². The molecule has 0 saturated heterocycles. The number of nitrogens with zero attached hydrogens (tertiary/aromatic N) is 2. The summed E-state index contributed by atoms with van der Waals surface area (Å²) in [4.78, 5) is 27.3. The number of amides is 2. The maximum atomic E-state index is 12.6. The number of hydrogen-bond acceptors (Lipinski definition) is 4. The van der Waals surface area contributed by atoms with E-state index in [9.17, 15) is 9.59 Å². The van der Waals surface area contributed by atoms with E-state index < -0.39 is 11.7 Å². The Morgan fingerprint density at radius 3 is 2.30 bits per heavy atom. The van der Waals surface area contributed by atoms with Gasteiger partial charge in [0.2, 0.25) is 5.91 Å². The molecule has 1 unspecified atom stereocenters. The Kier molecular flexibility index (Phi) is 9.08. The minimum atomic E-state index is -0.602. The molecule has 0 aromatic heterocycles. The second-order valence-corrected chi connectivity index (χ2v) is 8.63. The number of benzene rings is 1. The van der Waals surface area contributed by atoms with Gasteiger partial charge >= 0.3 is 6.09 Å². The molecule has 0 aliphatic heterocycles. The van der Waals surface area contributed by atoms with Gasteiger partial charge in [-0.2, -0.15) is 0 Å². The molecule has 27 heavy (non-hydrogen) atoms. The van der Waals surface area contributed by atoms with Crippen LogP contribution in [-0.2, 0) is 9.53 Å². The molecule has 0 saturated carbocycles. The third-order valence-corrected chi connectivity index (χ3v) is 4.19. The van der Waals surface area contributed by atoms with E-state index in [1.54, 1.807) is 25.1 Å². The summed E-state index contributed by atoms with van der Waals surface area (Å²) in [6.07, 6.45) is 2.67. The van der Waals surface area contributed by atoms with Crippen molar-refractivity contribution in [3.8, 4) is 5.75 Å². The predicted octanol–water partition coefficient (Wildman–Crippen LogP) is 3.94. The van der Waals surface area contributed by atoms with Crippen molar-refractivity contribution in [2.24, 2.45) is 0 Å². The Balaban J connectivity index is 2.79. The first-order chi connectivity index (χ1) is 12.5. The van der Waals surface area contributed by atoms with E-state index in [0.29, 0.717) is 6.61 Å². The molecule has 1 atom stereocenters. The van der Waals surface area contributed by atoms with Gasteiger partial charge in [-0.25, -0.2) is 4.79 Å². The Hall–Kier alpha value is -1.77. The first kappa shape index (κ1) is 23.3. The largest absolute Gasteiger partial charge is 0.491 e. The summed E-state index contributed by atoms with van der Waals surface area (Å²) < 4.78 is 12.4. The monoisotopic (exact) mass is 488 g/mol. The van der Waals surface area contributed by atoms with Gasteiger partial charge in [0.25, 0.3) is 0 Å². The molecular formula is C20H29IN2O4. The van der Waals surface area contributed by atoms with Crippen molar-refractivity contribution in [1.82, 2.24) is 9.80 Å². The van der Waals surface area contributed by atoms with Crippen molar-refractivity contribution in [3.05, 3.63) is 40.0 Å². The van der Waals surface area contributed by atoms with Crippen LogP contribution in [0.5, 0.6) is 5.75 Å². The van der Waals surface area contributed by atoms with Gasteiger partial charge in [-0.1, -0.05) is 6.08 Å². The quantitative estimate of drug-likeness (QED) is 0.431. The van der Waals surface area contributed by atoms with Gasteiger partial charge in [0.05, 0.1) is 6.04 Å². The van der Waals surface area contributed by atoms with E-state index >= 15 is 0 Å². The first-order valence-corrected chi connectivity index (χ1v) is 9.83. The van der Waals surface area contributed by atoms with E-state index in [1.165, 1.54) is 11.0 Å². The van der Waals surface area contributed by atoms with Crippen LogP contribution in [0.2, 0.25) is 0 Å². The standard InChI is InChI=1S/C20H29IN2O4/c1-15(14-26-17-11-9-16(21)10-12-17)23(19(25)27-20(2,3)4)13-7-8-18(24)22(5)6/h7-12,15H,13-14H2,1-6H3/b8-7+. The van der Waals surface area contributed by atoms with Crippen LogP contribution in [0, 0.1) is 3.57 Å². The lowest BCUT2D eigenvalue weighted by Gasteiger charge is -2.31. The molecule has 0 heterocycles. The van der Waals surface area contributed by atoms with Gasteiger partial charge in [0, 0.05) is 30.3 Å². The minimum absolute atomic E-state index is 0.137. The lowest BCUT2D eigenvalue weighted by molar-refractivity contribution is -0.123. The Morgan fingerprint density at radius 2 is 1.78 bits per heavy atom. The lowest BCUT2D eigenvalue weighted by atomic mass is 10.2. The summed E-state index contributed by atoms with van der Waals surface area (Å²) in [5.41, 5.74) is -0.602. The number of rotatable bonds is 7. The summed E-state index contributed by atoms with van der Waals surface area (Å²) in [7, 11) is 3.35. The number of carbonyl (C=O) groups is 2. The van der Waals surface area contributed by atoms with Crippen LogP contribution in [0.25, 0.3) is 0 Å². The summed E-state index contributed by atoms with van der Waals surface area (Å²) in [6.45, 7) is 7.92. The SMILES string of the molecule is CC(COc1ccc(I)cc1)N(C/C=C/C(=O)N(C)C)C(=O)OC(C)(C)C. The van der Waals surface area contributed by atoms with Crippen molar-refractivity contribution >= 4 is 34.6 Å². The highest BCUT2D eigenvalue weighted by atomic mass is 127. The Morgan fingerprint density at radius 1 is 1.19 bits per heavy atom. The fourth-order valence-electron chi connectivity index (χ4n) is 2.01. The zero-order valence-electron chi connectivity index (χ0n) is 16.9. The van der Waals surface area contributed by atoms with Gasteiger partial charge in [0.15, 0.2) is 0 Å². The normalized spacial score (nSPS) is 12.6. The van der Waals surface area contributed by atoms with Gasteiger partial charge in [-0.05, 0) is 74.6 Å². The van der Waals surface area contributed by atoms with E-state index in [-0.39, 0.29) is 18.5 Å². The van der Waals surface area contributed by atoms with E-state index in [0.717, 1.165) is 9.32 Å². The zero-order chi connectivity index (χ0) is 20.6. The molecule has 0 radical (unpaired) electrons. The molecule has 1 rings (SSSR count). The summed E-state index contributed by atoms with van der Waals surface area (Å²) in [5.74, 6) is 0.603. The van der Waals surface area contributed by atoms with Crippen LogP contribution >= 0.6 is 22.6 Å². The lowest BCUT2D eigenvalue weighted by Crippen LogP contribution is -2.44. The molecule has 2 amide bonds. The highest BCUT2D eigenvalue weighted by Gasteiger charge is 2.25. The maximum absolute atomic E-state index is 12.6. The third-order valence-electron chi connectivity index (χ3n) is 3.47. The predicted molar refractivity (Wildman–Crippen MR) is 115 cm³/mol. The third kappa shape index (κ3) is 9.12. The highest BCUT2D eigenvalue weighted by Crippen LogP contribution is 2.16. The maximum Gasteiger partial charge on any atom is 0.410 e. The van der Waals surface area contributed by atoms with E-state index in [2.05, 4.69) is 22.6 Å². The average molecular weight is 488 g/mol. The first-order valence-electron chi connectivity index (χ1n) is 8.75. The number of carbonyl (C=O) groups excluding carboxylic acids is 2. The van der Waals surface area contributed by atoms with Crippen molar-refractivity contribution < 1.29 is 19.1 Å². The minimum Gasteiger partial charge on any atom is -0.491 e. The summed E-state index contributed by atoms with van der Waals surface area (Å²) in [5, 5.41) is 0. The number of ether oxygens (including phenoxy) is 2. The average Bonchev–Trinajstić information content (AvgIpc) is 2.55. The molecule has 0 fully saturated rings. The molecule has 0 bridgehead atoms. The summed E-state index contributed by atoms with van der Waals surface area (Å²) >= 11 is 2.23. The van der Waals surface area contributed by atoms with Gasteiger partial charge in [-0.15, -0.1) is 0 Å². The summed E-state index contributed by atoms with van der Waals surface area (Å²) in [6, 6.07) is 7.46. The van der Waals surface area contributed by atoms with Crippen molar-refractivity contribution in [1.29, 1.82) is 0 Å². The molecule has 7 heteroatoms.